The quantitative estimate of drug-likeness (QED) is 0.186. The smallest absolute Gasteiger partial charge is 0.269 e. The van der Waals surface area contributed by atoms with E-state index in [1.165, 1.54) is 24.3 Å². The molecule has 0 aliphatic heterocycles. The number of fused-ring (bicyclic) bond motifs is 1. The molecule has 9 nitrogen and oxygen atoms in total. The fraction of sp³-hybridized carbons (Fsp3) is 0.300. The first kappa shape index (κ1) is 27.5. The van der Waals surface area contributed by atoms with Crippen LogP contribution in [-0.2, 0) is 0 Å². The molecule has 0 aliphatic carbocycles. The van der Waals surface area contributed by atoms with E-state index < -0.39 is 11.0 Å². The molecule has 0 saturated carbocycles. The van der Waals surface area contributed by atoms with Crippen LogP contribution < -0.4 is 10.3 Å². The lowest BCUT2D eigenvalue weighted by molar-refractivity contribution is -0.384. The molecular formula is C30H32N4O5. The van der Waals surface area contributed by atoms with E-state index in [2.05, 4.69) is 13.8 Å². The van der Waals surface area contributed by atoms with Crippen LogP contribution in [0.25, 0.3) is 16.6 Å². The molecular weight excluding hydrogens is 496 g/mol. The molecule has 39 heavy (non-hydrogen) atoms. The number of methoxy groups -OCH3 is 1. The zero-order valence-electron chi connectivity index (χ0n) is 22.5. The number of hydrogen-bond acceptors (Lipinski definition) is 6. The number of nitro groups is 1. The highest BCUT2D eigenvalue weighted by Gasteiger charge is 2.30. The van der Waals surface area contributed by atoms with Crippen molar-refractivity contribution in [2.75, 3.05) is 13.7 Å². The summed E-state index contributed by atoms with van der Waals surface area (Å²) in [7, 11) is 1.54. The van der Waals surface area contributed by atoms with E-state index >= 15 is 0 Å². The Hall–Kier alpha value is -4.53. The van der Waals surface area contributed by atoms with Crippen molar-refractivity contribution in [2.24, 2.45) is 5.92 Å². The molecule has 4 rings (SSSR count). The fourth-order valence-corrected chi connectivity index (χ4v) is 4.65. The number of nitrogens with zero attached hydrogens (tertiary/aromatic N) is 4. The molecule has 0 saturated heterocycles. The Morgan fingerprint density at radius 2 is 1.72 bits per heavy atom. The van der Waals surface area contributed by atoms with Gasteiger partial charge >= 0.3 is 0 Å². The number of nitro benzene ring substituents is 1. The van der Waals surface area contributed by atoms with E-state index in [-0.39, 0.29) is 17.2 Å². The molecule has 0 spiro atoms. The average molecular weight is 529 g/mol. The lowest BCUT2D eigenvalue weighted by Crippen LogP contribution is -2.39. The maximum absolute atomic E-state index is 14.0. The normalized spacial score (nSPS) is 11.9. The van der Waals surface area contributed by atoms with Crippen molar-refractivity contribution in [3.05, 3.63) is 105 Å². The topological polar surface area (TPSA) is 108 Å². The summed E-state index contributed by atoms with van der Waals surface area (Å²) in [5.41, 5.74) is 1.05. The minimum atomic E-state index is -0.561. The van der Waals surface area contributed by atoms with Gasteiger partial charge in [-0.05, 0) is 55.2 Å². The van der Waals surface area contributed by atoms with Gasteiger partial charge in [-0.3, -0.25) is 24.3 Å². The van der Waals surface area contributed by atoms with E-state index in [0.29, 0.717) is 52.6 Å². The third-order valence-electron chi connectivity index (χ3n) is 6.72. The zero-order valence-corrected chi connectivity index (χ0v) is 22.5. The maximum Gasteiger partial charge on any atom is 0.269 e. The lowest BCUT2D eigenvalue weighted by Gasteiger charge is -2.33. The number of benzene rings is 3. The standard InChI is InChI=1S/C30H32N4O5/c1-5-25(32(19-18-20(2)3)29(35)21-14-16-22(17-15-21)34(37)38)28-31-24-11-7-6-10-23(24)30(36)33(28)26-12-8-9-13-27(26)39-4/h6-17,20,25H,5,18-19H2,1-4H3. The van der Waals surface area contributed by atoms with Gasteiger partial charge in [0.2, 0.25) is 0 Å². The van der Waals surface area contributed by atoms with Crippen molar-refractivity contribution in [3.63, 3.8) is 0 Å². The third kappa shape index (κ3) is 5.67. The summed E-state index contributed by atoms with van der Waals surface area (Å²) in [6.07, 6.45) is 1.21. The second-order valence-electron chi connectivity index (χ2n) is 9.71. The van der Waals surface area contributed by atoms with Gasteiger partial charge in [0.25, 0.3) is 17.2 Å². The van der Waals surface area contributed by atoms with E-state index in [0.717, 1.165) is 6.42 Å². The van der Waals surface area contributed by atoms with Gasteiger partial charge in [0, 0.05) is 24.2 Å². The molecule has 3 aromatic carbocycles. The van der Waals surface area contributed by atoms with E-state index in [1.54, 1.807) is 46.9 Å². The molecule has 0 aliphatic rings. The Bertz CT molecular complexity index is 1550. The SMILES string of the molecule is CCC(c1nc2ccccc2c(=O)n1-c1ccccc1OC)N(CCC(C)C)C(=O)c1ccc([N+](=O)[O-])cc1. The van der Waals surface area contributed by atoms with Crippen LogP contribution in [0.1, 0.15) is 55.8 Å². The molecule has 1 atom stereocenters. The second-order valence-corrected chi connectivity index (χ2v) is 9.71. The first-order valence-electron chi connectivity index (χ1n) is 13.0. The van der Waals surface area contributed by atoms with Gasteiger partial charge in [-0.15, -0.1) is 0 Å². The number of para-hydroxylation sites is 3. The minimum Gasteiger partial charge on any atom is -0.495 e. The highest BCUT2D eigenvalue weighted by Crippen LogP contribution is 2.31. The molecule has 0 fully saturated rings. The van der Waals surface area contributed by atoms with E-state index in [9.17, 15) is 19.7 Å². The number of rotatable bonds is 10. The summed E-state index contributed by atoms with van der Waals surface area (Å²) in [6, 6.07) is 19.4. The summed E-state index contributed by atoms with van der Waals surface area (Å²) in [6.45, 7) is 6.52. The Balaban J connectivity index is 1.94. The largest absolute Gasteiger partial charge is 0.495 e. The van der Waals surface area contributed by atoms with Gasteiger partial charge in [0.15, 0.2) is 0 Å². The molecule has 0 N–H and O–H groups in total. The summed E-state index contributed by atoms with van der Waals surface area (Å²) >= 11 is 0. The summed E-state index contributed by atoms with van der Waals surface area (Å²) in [5, 5.41) is 11.6. The Morgan fingerprint density at radius 3 is 2.36 bits per heavy atom. The number of carbonyl (C=O) groups excluding carboxylic acids is 1. The number of amides is 1. The summed E-state index contributed by atoms with van der Waals surface area (Å²) in [5.74, 6) is 0.954. The van der Waals surface area contributed by atoms with Crippen molar-refractivity contribution >= 4 is 22.5 Å². The van der Waals surface area contributed by atoms with E-state index in [4.69, 9.17) is 9.72 Å². The average Bonchev–Trinajstić information content (AvgIpc) is 2.95. The van der Waals surface area contributed by atoms with E-state index in [1.807, 2.05) is 25.1 Å². The van der Waals surface area contributed by atoms with Crippen LogP contribution in [0.2, 0.25) is 0 Å². The Morgan fingerprint density at radius 1 is 1.05 bits per heavy atom. The molecule has 1 unspecified atom stereocenters. The minimum absolute atomic E-state index is 0.0893. The van der Waals surface area contributed by atoms with Crippen LogP contribution in [0.5, 0.6) is 5.75 Å². The molecule has 202 valence electrons. The van der Waals surface area contributed by atoms with Crippen LogP contribution in [-0.4, -0.2) is 38.9 Å². The molecule has 1 amide bonds. The highest BCUT2D eigenvalue weighted by atomic mass is 16.6. The number of carbonyl (C=O) groups is 1. The molecule has 1 aromatic heterocycles. The van der Waals surface area contributed by atoms with Gasteiger partial charge in [0.1, 0.15) is 11.6 Å². The molecule has 0 bridgehead atoms. The van der Waals surface area contributed by atoms with Gasteiger partial charge < -0.3 is 9.64 Å². The third-order valence-corrected chi connectivity index (χ3v) is 6.72. The second kappa shape index (κ2) is 11.9. The number of non-ortho nitro benzene ring substituents is 1. The summed E-state index contributed by atoms with van der Waals surface area (Å²) in [4.78, 5) is 45.2. The first-order valence-corrected chi connectivity index (χ1v) is 13.0. The number of hydrogen-bond donors (Lipinski definition) is 0. The molecule has 9 heteroatoms. The molecule has 4 aromatic rings. The van der Waals surface area contributed by atoms with Crippen LogP contribution in [0.3, 0.4) is 0 Å². The molecule has 1 heterocycles. The van der Waals surface area contributed by atoms with Gasteiger partial charge in [0.05, 0.1) is 34.7 Å². The van der Waals surface area contributed by atoms with Crippen LogP contribution in [0, 0.1) is 16.0 Å². The predicted molar refractivity (Wildman–Crippen MR) is 151 cm³/mol. The number of aromatic nitrogens is 2. The van der Waals surface area contributed by atoms with Crippen molar-refractivity contribution in [2.45, 2.75) is 39.7 Å². The highest BCUT2D eigenvalue weighted by molar-refractivity contribution is 5.94. The van der Waals surface area contributed by atoms with Crippen molar-refractivity contribution in [3.8, 4) is 11.4 Å². The number of ether oxygens (including phenoxy) is 1. The van der Waals surface area contributed by atoms with Gasteiger partial charge in [-0.1, -0.05) is 45.0 Å². The monoisotopic (exact) mass is 528 g/mol. The van der Waals surface area contributed by atoms with Crippen molar-refractivity contribution in [1.29, 1.82) is 0 Å². The summed E-state index contributed by atoms with van der Waals surface area (Å²) < 4.78 is 7.14. The van der Waals surface area contributed by atoms with Crippen LogP contribution in [0.15, 0.2) is 77.6 Å². The lowest BCUT2D eigenvalue weighted by atomic mass is 10.0. The first-order chi connectivity index (χ1) is 18.8. The predicted octanol–water partition coefficient (Wildman–Crippen LogP) is 5.94. The maximum atomic E-state index is 14.0. The van der Waals surface area contributed by atoms with Crippen LogP contribution in [0.4, 0.5) is 5.69 Å². The molecule has 0 radical (unpaired) electrons. The van der Waals surface area contributed by atoms with Crippen molar-refractivity contribution < 1.29 is 14.5 Å². The van der Waals surface area contributed by atoms with Crippen molar-refractivity contribution in [1.82, 2.24) is 14.5 Å². The Kier molecular flexibility index (Phi) is 8.39. The van der Waals surface area contributed by atoms with Crippen LogP contribution >= 0.6 is 0 Å². The Labute approximate surface area is 226 Å². The van der Waals surface area contributed by atoms with Gasteiger partial charge in [-0.2, -0.15) is 0 Å². The zero-order chi connectivity index (χ0) is 28.1. The fourth-order valence-electron chi connectivity index (χ4n) is 4.65. The van der Waals surface area contributed by atoms with Gasteiger partial charge in [-0.25, -0.2) is 4.98 Å².